The van der Waals surface area contributed by atoms with Crippen molar-refractivity contribution in [3.8, 4) is 0 Å². The summed E-state index contributed by atoms with van der Waals surface area (Å²) in [6.45, 7) is 2.09. The van der Waals surface area contributed by atoms with Gasteiger partial charge in [-0.3, -0.25) is 5.41 Å². The van der Waals surface area contributed by atoms with Crippen molar-refractivity contribution in [2.45, 2.75) is 17.6 Å². The number of benzene rings is 2. The second-order valence-corrected chi connectivity index (χ2v) is 6.18. The van der Waals surface area contributed by atoms with Crippen LogP contribution in [0.3, 0.4) is 0 Å². The van der Waals surface area contributed by atoms with Crippen LogP contribution in [0.4, 0.5) is 0 Å². The topological polar surface area (TPSA) is 49.9 Å². The van der Waals surface area contributed by atoms with E-state index in [1.54, 1.807) is 11.8 Å². The highest BCUT2D eigenvalue weighted by molar-refractivity contribution is 9.10. The van der Waals surface area contributed by atoms with Crippen LogP contribution in [0.5, 0.6) is 0 Å². The highest BCUT2D eigenvalue weighted by atomic mass is 79.9. The van der Waals surface area contributed by atoms with Crippen LogP contribution in [0.1, 0.15) is 16.7 Å². The van der Waals surface area contributed by atoms with Gasteiger partial charge in [0.15, 0.2) is 0 Å². The molecule has 0 amide bonds. The molecule has 19 heavy (non-hydrogen) atoms. The van der Waals surface area contributed by atoms with E-state index in [4.69, 9.17) is 11.1 Å². The molecular weight excluding hydrogens is 320 g/mol. The molecule has 2 aromatic rings. The van der Waals surface area contributed by atoms with Crippen LogP contribution in [0.25, 0.3) is 0 Å². The molecule has 0 aliphatic carbocycles. The minimum Gasteiger partial charge on any atom is -0.384 e. The molecule has 0 unspecified atom stereocenters. The number of hydrogen-bond acceptors (Lipinski definition) is 2. The van der Waals surface area contributed by atoms with E-state index in [0.29, 0.717) is 0 Å². The average molecular weight is 335 g/mol. The first-order valence-corrected chi connectivity index (χ1v) is 7.67. The van der Waals surface area contributed by atoms with Crippen molar-refractivity contribution in [1.29, 1.82) is 5.41 Å². The molecule has 3 N–H and O–H groups in total. The molecule has 0 heterocycles. The number of amidine groups is 1. The molecule has 2 nitrogen and oxygen atoms in total. The monoisotopic (exact) mass is 334 g/mol. The summed E-state index contributed by atoms with van der Waals surface area (Å²) >= 11 is 5.15. The minimum atomic E-state index is 0.0965. The Morgan fingerprint density at radius 1 is 1.26 bits per heavy atom. The molecule has 2 aromatic carbocycles. The normalized spacial score (nSPS) is 10.4. The lowest BCUT2D eigenvalue weighted by Crippen LogP contribution is -2.13. The van der Waals surface area contributed by atoms with E-state index in [-0.39, 0.29) is 5.84 Å². The van der Waals surface area contributed by atoms with Crippen molar-refractivity contribution in [2.75, 3.05) is 0 Å². The standard InChI is InChI=1S/C15H15BrN2S/c1-10-4-2-5-11(8-10)9-19-13-7-3-6-12(16)14(13)15(17)18/h2-8H,9H2,1H3,(H3,17,18). The molecule has 0 saturated heterocycles. The van der Waals surface area contributed by atoms with E-state index < -0.39 is 0 Å². The molecular formula is C15H15BrN2S. The smallest absolute Gasteiger partial charge is 0.125 e. The molecule has 98 valence electrons. The highest BCUT2D eigenvalue weighted by Gasteiger charge is 2.10. The third-order valence-electron chi connectivity index (χ3n) is 2.72. The predicted molar refractivity (Wildman–Crippen MR) is 85.9 cm³/mol. The van der Waals surface area contributed by atoms with Gasteiger partial charge in [-0.15, -0.1) is 11.8 Å². The Morgan fingerprint density at radius 2 is 2.00 bits per heavy atom. The van der Waals surface area contributed by atoms with Gasteiger partial charge in [-0.2, -0.15) is 0 Å². The van der Waals surface area contributed by atoms with Crippen LogP contribution in [0.2, 0.25) is 0 Å². The Hall–Kier alpha value is -1.26. The van der Waals surface area contributed by atoms with Crippen molar-refractivity contribution in [3.05, 3.63) is 63.6 Å². The molecule has 0 saturated carbocycles. The Kier molecular flexibility index (Phi) is 4.66. The van der Waals surface area contributed by atoms with Gasteiger partial charge in [0.05, 0.1) is 0 Å². The van der Waals surface area contributed by atoms with Gasteiger partial charge in [0.25, 0.3) is 0 Å². The number of aryl methyl sites for hydroxylation is 1. The number of thioether (sulfide) groups is 1. The highest BCUT2D eigenvalue weighted by Crippen LogP contribution is 2.30. The number of rotatable bonds is 4. The summed E-state index contributed by atoms with van der Waals surface area (Å²) in [4.78, 5) is 1.03. The first-order valence-electron chi connectivity index (χ1n) is 5.89. The van der Waals surface area contributed by atoms with Gasteiger partial charge in [0.1, 0.15) is 5.84 Å². The number of halogens is 1. The Balaban J connectivity index is 2.20. The summed E-state index contributed by atoms with van der Waals surface area (Å²) in [7, 11) is 0. The van der Waals surface area contributed by atoms with Crippen LogP contribution in [-0.2, 0) is 5.75 Å². The lowest BCUT2D eigenvalue weighted by molar-refractivity contribution is 1.30. The van der Waals surface area contributed by atoms with Crippen LogP contribution >= 0.6 is 27.7 Å². The minimum absolute atomic E-state index is 0.0965. The second kappa shape index (κ2) is 6.26. The van der Waals surface area contributed by atoms with Gasteiger partial charge in [-0.25, -0.2) is 0 Å². The van der Waals surface area contributed by atoms with Gasteiger partial charge in [-0.1, -0.05) is 35.9 Å². The number of nitrogen functional groups attached to an aromatic ring is 1. The van der Waals surface area contributed by atoms with E-state index in [2.05, 4.69) is 47.1 Å². The van der Waals surface area contributed by atoms with Crippen LogP contribution in [0, 0.1) is 12.3 Å². The maximum Gasteiger partial charge on any atom is 0.125 e. The first-order chi connectivity index (χ1) is 9.08. The molecule has 0 aromatic heterocycles. The maximum atomic E-state index is 7.67. The summed E-state index contributed by atoms with van der Waals surface area (Å²) in [5.41, 5.74) is 8.97. The number of nitrogens with two attached hydrogens (primary N) is 1. The lowest BCUT2D eigenvalue weighted by atomic mass is 10.2. The van der Waals surface area contributed by atoms with Crippen molar-refractivity contribution >= 4 is 33.5 Å². The zero-order valence-electron chi connectivity index (χ0n) is 10.6. The van der Waals surface area contributed by atoms with Crippen LogP contribution in [0.15, 0.2) is 51.8 Å². The quantitative estimate of drug-likeness (QED) is 0.496. The summed E-state index contributed by atoms with van der Waals surface area (Å²) in [6, 6.07) is 14.3. The van der Waals surface area contributed by atoms with E-state index in [0.717, 1.165) is 20.7 Å². The Bertz CT molecular complexity index is 611. The molecule has 0 aliphatic rings. The van der Waals surface area contributed by atoms with Gasteiger partial charge in [0.2, 0.25) is 0 Å². The predicted octanol–water partition coefficient (Wildman–Crippen LogP) is 4.33. The lowest BCUT2D eigenvalue weighted by Gasteiger charge is -2.10. The fraction of sp³-hybridized carbons (Fsp3) is 0.133. The molecule has 0 spiro atoms. The van der Waals surface area contributed by atoms with Gasteiger partial charge in [-0.05, 0) is 40.5 Å². The van der Waals surface area contributed by atoms with E-state index in [9.17, 15) is 0 Å². The van der Waals surface area contributed by atoms with E-state index in [1.807, 2.05) is 18.2 Å². The molecule has 0 fully saturated rings. The second-order valence-electron chi connectivity index (χ2n) is 4.30. The summed E-state index contributed by atoms with van der Waals surface area (Å²) in [5, 5.41) is 7.67. The molecule has 0 atom stereocenters. The number of nitrogens with one attached hydrogen (secondary N) is 1. The third kappa shape index (κ3) is 3.61. The average Bonchev–Trinajstić information content (AvgIpc) is 2.36. The van der Waals surface area contributed by atoms with Gasteiger partial charge >= 0.3 is 0 Å². The largest absolute Gasteiger partial charge is 0.384 e. The zero-order chi connectivity index (χ0) is 13.8. The summed E-state index contributed by atoms with van der Waals surface area (Å²) in [5.74, 6) is 0.970. The van der Waals surface area contributed by atoms with Crippen molar-refractivity contribution < 1.29 is 0 Å². The van der Waals surface area contributed by atoms with Crippen molar-refractivity contribution in [3.63, 3.8) is 0 Å². The van der Waals surface area contributed by atoms with Gasteiger partial charge in [0, 0.05) is 20.7 Å². The summed E-state index contributed by atoms with van der Waals surface area (Å²) < 4.78 is 0.870. The fourth-order valence-corrected chi connectivity index (χ4v) is 3.60. The maximum absolute atomic E-state index is 7.67. The molecule has 4 heteroatoms. The van der Waals surface area contributed by atoms with E-state index >= 15 is 0 Å². The fourth-order valence-electron chi connectivity index (χ4n) is 1.85. The molecule has 0 radical (unpaired) electrons. The SMILES string of the molecule is Cc1cccc(CSc2cccc(Br)c2C(=N)N)c1. The molecule has 0 aliphatic heterocycles. The van der Waals surface area contributed by atoms with Crippen LogP contribution in [-0.4, -0.2) is 5.84 Å². The Morgan fingerprint density at radius 3 is 2.68 bits per heavy atom. The zero-order valence-corrected chi connectivity index (χ0v) is 13.0. The number of hydrogen-bond donors (Lipinski definition) is 2. The summed E-state index contributed by atoms with van der Waals surface area (Å²) in [6.07, 6.45) is 0. The molecule has 2 rings (SSSR count). The Labute approximate surface area is 126 Å². The van der Waals surface area contributed by atoms with Crippen molar-refractivity contribution in [2.24, 2.45) is 5.73 Å². The van der Waals surface area contributed by atoms with Crippen LogP contribution < -0.4 is 5.73 Å². The van der Waals surface area contributed by atoms with E-state index in [1.165, 1.54) is 11.1 Å². The molecule has 0 bridgehead atoms. The van der Waals surface area contributed by atoms with Crippen molar-refractivity contribution in [1.82, 2.24) is 0 Å². The first kappa shape index (κ1) is 14.2. The third-order valence-corrected chi connectivity index (χ3v) is 4.51. The van der Waals surface area contributed by atoms with Gasteiger partial charge < -0.3 is 5.73 Å².